The van der Waals surface area contributed by atoms with Crippen LogP contribution >= 0.6 is 11.6 Å². The number of benzene rings is 2. The lowest BCUT2D eigenvalue weighted by molar-refractivity contribution is 0.0699. The minimum Gasteiger partial charge on any atom is -0.478 e. The number of fused-ring (bicyclic) bond motifs is 1. The molecule has 1 aromatic heterocycles. The zero-order valence-electron chi connectivity index (χ0n) is 11.0. The van der Waals surface area contributed by atoms with E-state index in [2.05, 4.69) is 10.3 Å². The lowest BCUT2D eigenvalue weighted by Crippen LogP contribution is -2.03. The molecule has 1 heterocycles. The maximum absolute atomic E-state index is 11.1. The molecule has 0 saturated carbocycles. The SMILES string of the molecule is O=C(O)c1cccc2c1nnn2CCc1ccc(Cl)cc1. The molecule has 3 aromatic rings. The number of carbonyl (C=O) groups is 1. The van der Waals surface area contributed by atoms with Gasteiger partial charge in [0.05, 0.1) is 11.1 Å². The third-order valence-corrected chi connectivity index (χ3v) is 3.55. The van der Waals surface area contributed by atoms with Gasteiger partial charge in [-0.3, -0.25) is 0 Å². The van der Waals surface area contributed by atoms with Gasteiger partial charge in [0, 0.05) is 11.6 Å². The Morgan fingerprint density at radius 1 is 1.19 bits per heavy atom. The van der Waals surface area contributed by atoms with Gasteiger partial charge < -0.3 is 5.11 Å². The molecule has 0 unspecified atom stereocenters. The highest BCUT2D eigenvalue weighted by Crippen LogP contribution is 2.17. The zero-order valence-corrected chi connectivity index (χ0v) is 11.8. The van der Waals surface area contributed by atoms with Gasteiger partial charge in [0.2, 0.25) is 0 Å². The van der Waals surface area contributed by atoms with Crippen molar-refractivity contribution in [2.75, 3.05) is 0 Å². The topological polar surface area (TPSA) is 68.0 Å². The molecule has 0 amide bonds. The first-order valence-corrected chi connectivity index (χ1v) is 6.83. The number of aryl methyl sites for hydroxylation is 2. The molecule has 0 aliphatic heterocycles. The number of aromatic nitrogens is 3. The summed E-state index contributed by atoms with van der Waals surface area (Å²) >= 11 is 5.85. The van der Waals surface area contributed by atoms with Gasteiger partial charge in [0.1, 0.15) is 5.52 Å². The minimum atomic E-state index is -0.995. The van der Waals surface area contributed by atoms with E-state index >= 15 is 0 Å². The molecule has 0 radical (unpaired) electrons. The number of halogens is 1. The van der Waals surface area contributed by atoms with E-state index in [-0.39, 0.29) is 5.56 Å². The Bertz CT molecular complexity index is 796. The predicted molar refractivity (Wildman–Crippen MR) is 79.6 cm³/mol. The van der Waals surface area contributed by atoms with Gasteiger partial charge in [-0.25, -0.2) is 9.48 Å². The van der Waals surface area contributed by atoms with E-state index < -0.39 is 5.97 Å². The highest BCUT2D eigenvalue weighted by atomic mass is 35.5. The number of carboxylic acid groups (broad SMARTS) is 1. The van der Waals surface area contributed by atoms with E-state index in [0.717, 1.165) is 17.5 Å². The number of rotatable bonds is 4. The standard InChI is InChI=1S/C15H12ClN3O2/c16-11-6-4-10(5-7-11)8-9-19-13-3-1-2-12(15(20)21)14(13)17-18-19/h1-7H,8-9H2,(H,20,21). The Hall–Kier alpha value is -2.40. The number of hydrogen-bond donors (Lipinski definition) is 1. The second kappa shape index (κ2) is 5.54. The van der Waals surface area contributed by atoms with E-state index in [9.17, 15) is 4.79 Å². The summed E-state index contributed by atoms with van der Waals surface area (Å²) in [6, 6.07) is 12.7. The van der Waals surface area contributed by atoms with Crippen LogP contribution < -0.4 is 0 Å². The van der Waals surface area contributed by atoms with Crippen LogP contribution in [0, 0.1) is 0 Å². The van der Waals surface area contributed by atoms with Crippen LogP contribution in [0.25, 0.3) is 11.0 Å². The first-order valence-electron chi connectivity index (χ1n) is 6.45. The second-order valence-electron chi connectivity index (χ2n) is 4.67. The van der Waals surface area contributed by atoms with Gasteiger partial charge in [-0.2, -0.15) is 0 Å². The highest BCUT2D eigenvalue weighted by Gasteiger charge is 2.13. The average molecular weight is 302 g/mol. The molecule has 6 heteroatoms. The van der Waals surface area contributed by atoms with Crippen molar-refractivity contribution in [2.45, 2.75) is 13.0 Å². The fourth-order valence-corrected chi connectivity index (χ4v) is 2.34. The van der Waals surface area contributed by atoms with Crippen LogP contribution in [-0.2, 0) is 13.0 Å². The zero-order chi connectivity index (χ0) is 14.8. The molecule has 1 N–H and O–H groups in total. The van der Waals surface area contributed by atoms with Crippen molar-refractivity contribution < 1.29 is 9.90 Å². The Kier molecular flexibility index (Phi) is 3.58. The molecule has 0 bridgehead atoms. The van der Waals surface area contributed by atoms with Crippen molar-refractivity contribution in [1.29, 1.82) is 0 Å². The van der Waals surface area contributed by atoms with E-state index in [4.69, 9.17) is 16.7 Å². The number of hydrogen-bond acceptors (Lipinski definition) is 3. The quantitative estimate of drug-likeness (QED) is 0.804. The van der Waals surface area contributed by atoms with Crippen molar-refractivity contribution in [3.63, 3.8) is 0 Å². The number of nitrogens with zero attached hydrogens (tertiary/aromatic N) is 3. The summed E-state index contributed by atoms with van der Waals surface area (Å²) in [7, 11) is 0. The maximum Gasteiger partial charge on any atom is 0.338 e. The largest absolute Gasteiger partial charge is 0.478 e. The van der Waals surface area contributed by atoms with Crippen molar-refractivity contribution in [3.8, 4) is 0 Å². The monoisotopic (exact) mass is 301 g/mol. The molecule has 0 saturated heterocycles. The van der Waals surface area contributed by atoms with Gasteiger partial charge >= 0.3 is 5.97 Å². The van der Waals surface area contributed by atoms with Crippen molar-refractivity contribution in [3.05, 3.63) is 58.6 Å². The van der Waals surface area contributed by atoms with Gasteiger partial charge in [-0.15, -0.1) is 5.10 Å². The van der Waals surface area contributed by atoms with Gasteiger partial charge in [-0.05, 0) is 36.2 Å². The molecule has 0 atom stereocenters. The van der Waals surface area contributed by atoms with E-state index in [0.29, 0.717) is 17.1 Å². The first kappa shape index (κ1) is 13.6. The smallest absolute Gasteiger partial charge is 0.338 e. The molecule has 0 fully saturated rings. The maximum atomic E-state index is 11.1. The summed E-state index contributed by atoms with van der Waals surface area (Å²) in [6.07, 6.45) is 0.771. The molecule has 106 valence electrons. The molecule has 0 spiro atoms. The van der Waals surface area contributed by atoms with Crippen LogP contribution in [-0.4, -0.2) is 26.1 Å². The summed E-state index contributed by atoms with van der Waals surface area (Å²) in [5.74, 6) is -0.995. The van der Waals surface area contributed by atoms with E-state index in [1.165, 1.54) is 6.07 Å². The van der Waals surface area contributed by atoms with Crippen molar-refractivity contribution in [1.82, 2.24) is 15.0 Å². The molecule has 0 aliphatic rings. The first-order chi connectivity index (χ1) is 10.1. The summed E-state index contributed by atoms with van der Waals surface area (Å²) < 4.78 is 1.72. The predicted octanol–water partition coefficient (Wildman–Crippen LogP) is 3.03. The Balaban J connectivity index is 1.86. The summed E-state index contributed by atoms with van der Waals surface area (Å²) in [5, 5.41) is 17.9. The molecule has 3 rings (SSSR count). The Morgan fingerprint density at radius 2 is 1.95 bits per heavy atom. The summed E-state index contributed by atoms with van der Waals surface area (Å²) in [5.41, 5.74) is 2.45. The Morgan fingerprint density at radius 3 is 2.67 bits per heavy atom. The number of carboxylic acids is 1. The fourth-order valence-electron chi connectivity index (χ4n) is 2.22. The van der Waals surface area contributed by atoms with Crippen molar-refractivity contribution in [2.24, 2.45) is 0 Å². The minimum absolute atomic E-state index is 0.172. The Labute approximate surface area is 125 Å². The fraction of sp³-hybridized carbons (Fsp3) is 0.133. The normalized spacial score (nSPS) is 10.9. The number of aromatic carboxylic acids is 1. The third-order valence-electron chi connectivity index (χ3n) is 3.30. The van der Waals surface area contributed by atoms with Crippen LogP contribution in [0.15, 0.2) is 42.5 Å². The van der Waals surface area contributed by atoms with Gasteiger partial charge in [0.25, 0.3) is 0 Å². The van der Waals surface area contributed by atoms with E-state index in [1.807, 2.05) is 30.3 Å². The summed E-state index contributed by atoms with van der Waals surface area (Å²) in [6.45, 7) is 0.626. The van der Waals surface area contributed by atoms with Crippen LogP contribution in [0.3, 0.4) is 0 Å². The van der Waals surface area contributed by atoms with Crippen LogP contribution in [0.5, 0.6) is 0 Å². The summed E-state index contributed by atoms with van der Waals surface area (Å²) in [4.78, 5) is 11.1. The van der Waals surface area contributed by atoms with Crippen LogP contribution in [0.4, 0.5) is 0 Å². The van der Waals surface area contributed by atoms with Crippen molar-refractivity contribution >= 4 is 28.6 Å². The van der Waals surface area contributed by atoms with Gasteiger partial charge in [0.15, 0.2) is 0 Å². The average Bonchev–Trinajstić information content (AvgIpc) is 2.89. The van der Waals surface area contributed by atoms with E-state index in [1.54, 1.807) is 10.7 Å². The third kappa shape index (κ3) is 2.73. The molecule has 0 aliphatic carbocycles. The lowest BCUT2D eigenvalue weighted by atomic mass is 10.1. The molecule has 2 aromatic carbocycles. The van der Waals surface area contributed by atoms with Crippen LogP contribution in [0.2, 0.25) is 5.02 Å². The molecule has 21 heavy (non-hydrogen) atoms. The lowest BCUT2D eigenvalue weighted by Gasteiger charge is -2.03. The molecular weight excluding hydrogens is 290 g/mol. The molecule has 5 nitrogen and oxygen atoms in total. The van der Waals surface area contributed by atoms with Gasteiger partial charge in [-0.1, -0.05) is 35.0 Å². The highest BCUT2D eigenvalue weighted by molar-refractivity contribution is 6.30. The molecular formula is C15H12ClN3O2. The second-order valence-corrected chi connectivity index (χ2v) is 5.10. The van der Waals surface area contributed by atoms with Crippen LogP contribution in [0.1, 0.15) is 15.9 Å².